The topological polar surface area (TPSA) is 98.3 Å². The predicted molar refractivity (Wildman–Crippen MR) is 87.8 cm³/mol. The maximum atomic E-state index is 10.4. The molecule has 4 N–H and O–H groups in total. The van der Waals surface area contributed by atoms with Crippen molar-refractivity contribution in [3.8, 4) is 0 Å². The second-order valence-corrected chi connectivity index (χ2v) is 5.75. The van der Waals surface area contributed by atoms with Crippen molar-refractivity contribution in [2.75, 3.05) is 6.61 Å². The Morgan fingerprint density at radius 1 is 0.800 bits per heavy atom. The van der Waals surface area contributed by atoms with E-state index in [1.165, 1.54) is 44.9 Å². The summed E-state index contributed by atoms with van der Waals surface area (Å²) in [6, 6.07) is 0. The Balaban J connectivity index is -0.000000427. The molecular weight excluding hydrogens is 301 g/mol. The number of hydrogen-bond acceptors (Lipinski definition) is 2. The van der Waals surface area contributed by atoms with Crippen LogP contribution in [0.1, 0.15) is 71.1 Å². The average Bonchev–Trinajstić information content (AvgIpc) is 2.24. The van der Waals surface area contributed by atoms with Crippen LogP contribution in [-0.2, 0) is 9.09 Å². The Kier molecular flexibility index (Phi) is 31.6. The maximum absolute atomic E-state index is 10.4. The van der Waals surface area contributed by atoms with Gasteiger partial charge in [0.05, 0.1) is 6.61 Å². The summed E-state index contributed by atoms with van der Waals surface area (Å²) in [5.41, 5.74) is 0. The quantitative estimate of drug-likeness (QED) is 0.324. The van der Waals surface area contributed by atoms with Crippen LogP contribution in [0.4, 0.5) is 0 Å². The van der Waals surface area contributed by atoms with Crippen molar-refractivity contribution >= 4 is 66.9 Å². The zero-order chi connectivity index (χ0) is 13.0. The van der Waals surface area contributed by atoms with E-state index in [2.05, 4.69) is 11.4 Å². The molecule has 0 aliphatic heterocycles. The molecule has 0 heterocycles. The van der Waals surface area contributed by atoms with Crippen molar-refractivity contribution < 1.29 is 24.4 Å². The first-order chi connectivity index (χ1) is 8.06. The van der Waals surface area contributed by atoms with Crippen molar-refractivity contribution in [1.82, 2.24) is 0 Å². The third-order valence-electron chi connectivity index (χ3n) is 2.76. The zero-order valence-electron chi connectivity index (χ0n) is 11.4. The van der Waals surface area contributed by atoms with Gasteiger partial charge in [-0.2, -0.15) is 0 Å². The summed E-state index contributed by atoms with van der Waals surface area (Å²) < 4.78 is 14.7. The first-order valence-corrected chi connectivity index (χ1v) is 8.29. The second kappa shape index (κ2) is 21.1. The molecule has 0 amide bonds. The summed E-state index contributed by atoms with van der Waals surface area (Å²) in [7, 11) is -4.24. The van der Waals surface area contributed by atoms with Crippen molar-refractivity contribution in [3.05, 3.63) is 0 Å². The van der Waals surface area contributed by atoms with Gasteiger partial charge in [0, 0.05) is 0 Å². The van der Waals surface area contributed by atoms with Gasteiger partial charge in [-0.15, -0.1) is 0 Å². The van der Waals surface area contributed by atoms with Gasteiger partial charge >= 0.3 is 66.9 Å². The number of hydrogen-bond donors (Lipinski definition) is 2. The molecule has 0 aromatic heterocycles. The van der Waals surface area contributed by atoms with Crippen LogP contribution in [0.3, 0.4) is 0 Å². The standard InChI is InChI=1S/C12H27O4P.2Na.H2O.2H/c1-2-3-4-5-6-7-8-9-10-11-12-16-17(13,14)15;;;;;/h2-12H2,1H3,(H2,13,14,15);;;1H2;;. The van der Waals surface area contributed by atoms with Gasteiger partial charge < -0.3 is 15.3 Å². The third kappa shape index (κ3) is 28.3. The van der Waals surface area contributed by atoms with E-state index in [4.69, 9.17) is 9.79 Å². The summed E-state index contributed by atoms with van der Waals surface area (Å²) in [5, 5.41) is 0. The van der Waals surface area contributed by atoms with Gasteiger partial charge in [0.15, 0.2) is 0 Å². The number of rotatable bonds is 12. The Morgan fingerprint density at radius 3 is 1.50 bits per heavy atom. The number of phosphoric ester groups is 1. The fourth-order valence-electron chi connectivity index (χ4n) is 1.77. The van der Waals surface area contributed by atoms with Crippen molar-refractivity contribution in [3.63, 3.8) is 0 Å². The van der Waals surface area contributed by atoms with E-state index < -0.39 is 7.82 Å². The minimum absolute atomic E-state index is 0. The SMILES string of the molecule is CCCCCCCCCCCCOP(=O)(O)O.O.[NaH].[NaH]. The second-order valence-electron chi connectivity index (χ2n) is 4.51. The molecule has 0 radical (unpaired) electrons. The first kappa shape index (κ1) is 30.0. The molecule has 0 atom stereocenters. The normalized spacial score (nSPS) is 10.2. The molecule has 8 heteroatoms. The predicted octanol–water partition coefficient (Wildman–Crippen LogP) is 1.89. The van der Waals surface area contributed by atoms with Gasteiger partial charge in [0.2, 0.25) is 0 Å². The fraction of sp³-hybridized carbons (Fsp3) is 1.00. The van der Waals surface area contributed by atoms with E-state index in [1.54, 1.807) is 0 Å². The molecule has 0 rings (SSSR count). The van der Waals surface area contributed by atoms with E-state index >= 15 is 0 Å². The molecule has 116 valence electrons. The summed E-state index contributed by atoms with van der Waals surface area (Å²) in [4.78, 5) is 16.9. The van der Waals surface area contributed by atoms with Crippen molar-refractivity contribution in [1.29, 1.82) is 0 Å². The molecule has 0 aliphatic rings. The Morgan fingerprint density at radius 2 is 1.15 bits per heavy atom. The molecular formula is C12H31Na2O5P. The summed E-state index contributed by atoms with van der Waals surface area (Å²) in [6.45, 7) is 2.39. The van der Waals surface area contributed by atoms with E-state index in [9.17, 15) is 4.57 Å². The molecule has 0 fully saturated rings. The molecule has 20 heavy (non-hydrogen) atoms. The first-order valence-electron chi connectivity index (χ1n) is 6.76. The Labute approximate surface area is 167 Å². The van der Waals surface area contributed by atoms with Crippen LogP contribution in [0, 0.1) is 0 Å². The molecule has 0 saturated carbocycles. The zero-order valence-corrected chi connectivity index (χ0v) is 12.3. The average molecular weight is 332 g/mol. The third-order valence-corrected chi connectivity index (χ3v) is 3.28. The van der Waals surface area contributed by atoms with E-state index in [0.717, 1.165) is 19.3 Å². The van der Waals surface area contributed by atoms with Crippen molar-refractivity contribution in [2.24, 2.45) is 0 Å². The van der Waals surface area contributed by atoms with E-state index in [-0.39, 0.29) is 71.2 Å². The minimum atomic E-state index is -4.24. The van der Waals surface area contributed by atoms with Gasteiger partial charge in [-0.3, -0.25) is 4.52 Å². The van der Waals surface area contributed by atoms with E-state index in [1.807, 2.05) is 0 Å². The van der Waals surface area contributed by atoms with Crippen LogP contribution < -0.4 is 0 Å². The molecule has 0 aliphatic carbocycles. The molecule has 0 spiro atoms. The molecule has 0 aromatic carbocycles. The van der Waals surface area contributed by atoms with Gasteiger partial charge in [-0.05, 0) is 6.42 Å². The van der Waals surface area contributed by atoms with Crippen LogP contribution in [0.25, 0.3) is 0 Å². The van der Waals surface area contributed by atoms with Crippen LogP contribution in [0.15, 0.2) is 0 Å². The number of phosphoric acid groups is 1. The van der Waals surface area contributed by atoms with Crippen LogP contribution >= 0.6 is 7.82 Å². The van der Waals surface area contributed by atoms with Crippen LogP contribution in [0.5, 0.6) is 0 Å². The van der Waals surface area contributed by atoms with Gasteiger partial charge in [-0.1, -0.05) is 64.7 Å². The van der Waals surface area contributed by atoms with Crippen molar-refractivity contribution in [2.45, 2.75) is 71.1 Å². The molecule has 0 saturated heterocycles. The fourth-order valence-corrected chi connectivity index (χ4v) is 2.14. The number of unbranched alkanes of at least 4 members (excludes halogenated alkanes) is 9. The molecule has 0 aromatic rings. The van der Waals surface area contributed by atoms with Crippen LogP contribution in [0.2, 0.25) is 0 Å². The molecule has 0 unspecified atom stereocenters. The van der Waals surface area contributed by atoms with E-state index in [0.29, 0.717) is 0 Å². The molecule has 0 bridgehead atoms. The van der Waals surface area contributed by atoms with Gasteiger partial charge in [0.1, 0.15) is 0 Å². The Hall–Kier alpha value is 2.07. The summed E-state index contributed by atoms with van der Waals surface area (Å²) >= 11 is 0. The molecule has 5 nitrogen and oxygen atoms in total. The van der Waals surface area contributed by atoms with Crippen LogP contribution in [-0.4, -0.2) is 81.0 Å². The van der Waals surface area contributed by atoms with Gasteiger partial charge in [-0.25, -0.2) is 4.57 Å². The van der Waals surface area contributed by atoms with Gasteiger partial charge in [0.25, 0.3) is 0 Å². The Bertz CT molecular complexity index is 214. The summed E-state index contributed by atoms with van der Waals surface area (Å²) in [5.74, 6) is 0. The monoisotopic (exact) mass is 332 g/mol. The summed E-state index contributed by atoms with van der Waals surface area (Å²) in [6.07, 6.45) is 12.0.